The van der Waals surface area contributed by atoms with Crippen molar-refractivity contribution in [3.63, 3.8) is 0 Å². The lowest BCUT2D eigenvalue weighted by Crippen LogP contribution is -2.30. The fourth-order valence-corrected chi connectivity index (χ4v) is 4.20. The molecule has 0 fully saturated rings. The number of hydrogen-bond donors (Lipinski definition) is 1. The molecule has 6 heteroatoms. The molecule has 24 heavy (non-hydrogen) atoms. The lowest BCUT2D eigenvalue weighted by Gasteiger charge is -2.26. The Balaban J connectivity index is 1.85. The van der Waals surface area contributed by atoms with Crippen LogP contribution in [0.1, 0.15) is 28.4 Å². The molecule has 1 atom stereocenters. The zero-order valence-electron chi connectivity index (χ0n) is 13.5. The minimum Gasteiger partial charge on any atom is -0.493 e. The number of carbonyl (C=O) groups excluding carboxylic acids is 1. The standard InChI is InChI=1S/C18H18ClNO3S/c1-22-15-10-11(9-13(19)17(15)23-2)18(21)20-14-7-8-24-16-6-4-3-5-12(14)16/h3-6,9-10,14H,7-8H2,1-2H3,(H,20,21)/t14-/m1/s1. The summed E-state index contributed by atoms with van der Waals surface area (Å²) in [5.74, 6) is 1.67. The lowest BCUT2D eigenvalue weighted by atomic mass is 10.0. The van der Waals surface area contributed by atoms with Crippen LogP contribution in [0.25, 0.3) is 0 Å². The van der Waals surface area contributed by atoms with Gasteiger partial charge in [0.05, 0.1) is 25.3 Å². The Labute approximate surface area is 150 Å². The van der Waals surface area contributed by atoms with Crippen LogP contribution in [0.2, 0.25) is 5.02 Å². The van der Waals surface area contributed by atoms with Crippen LogP contribution < -0.4 is 14.8 Å². The number of thioether (sulfide) groups is 1. The average Bonchev–Trinajstić information content (AvgIpc) is 2.61. The van der Waals surface area contributed by atoms with E-state index in [-0.39, 0.29) is 11.9 Å². The summed E-state index contributed by atoms with van der Waals surface area (Å²) in [6.07, 6.45) is 0.897. The Morgan fingerprint density at radius 1 is 1.25 bits per heavy atom. The van der Waals surface area contributed by atoms with E-state index in [0.717, 1.165) is 17.7 Å². The van der Waals surface area contributed by atoms with Gasteiger partial charge in [-0.05, 0) is 30.2 Å². The number of halogens is 1. The number of methoxy groups -OCH3 is 2. The van der Waals surface area contributed by atoms with Gasteiger partial charge in [-0.15, -0.1) is 11.8 Å². The lowest BCUT2D eigenvalue weighted by molar-refractivity contribution is 0.0934. The first-order valence-electron chi connectivity index (χ1n) is 7.58. The summed E-state index contributed by atoms with van der Waals surface area (Å²) < 4.78 is 10.5. The summed E-state index contributed by atoms with van der Waals surface area (Å²) >= 11 is 8.01. The topological polar surface area (TPSA) is 47.6 Å². The van der Waals surface area contributed by atoms with E-state index in [0.29, 0.717) is 22.1 Å². The molecule has 4 nitrogen and oxygen atoms in total. The van der Waals surface area contributed by atoms with Crippen LogP contribution in [0.5, 0.6) is 11.5 Å². The van der Waals surface area contributed by atoms with E-state index in [4.69, 9.17) is 21.1 Å². The third-order valence-electron chi connectivity index (χ3n) is 3.96. The normalized spacial score (nSPS) is 16.2. The number of carbonyl (C=O) groups is 1. The highest BCUT2D eigenvalue weighted by Crippen LogP contribution is 2.38. The number of rotatable bonds is 4. The molecule has 0 unspecified atom stereocenters. The molecule has 1 aliphatic heterocycles. The Morgan fingerprint density at radius 3 is 2.79 bits per heavy atom. The molecule has 3 rings (SSSR count). The van der Waals surface area contributed by atoms with Gasteiger partial charge in [-0.3, -0.25) is 4.79 Å². The second kappa shape index (κ2) is 7.36. The summed E-state index contributed by atoms with van der Waals surface area (Å²) in [6.45, 7) is 0. The third kappa shape index (κ3) is 3.32. The second-order valence-electron chi connectivity index (χ2n) is 5.39. The fraction of sp³-hybridized carbons (Fsp3) is 0.278. The maximum absolute atomic E-state index is 12.7. The van der Waals surface area contributed by atoms with E-state index in [1.165, 1.54) is 19.1 Å². The minimum absolute atomic E-state index is 0.00169. The smallest absolute Gasteiger partial charge is 0.251 e. The van der Waals surface area contributed by atoms with E-state index in [9.17, 15) is 4.79 Å². The van der Waals surface area contributed by atoms with Gasteiger partial charge in [0.1, 0.15) is 0 Å². The summed E-state index contributed by atoms with van der Waals surface area (Å²) in [5.41, 5.74) is 1.61. The van der Waals surface area contributed by atoms with Crippen molar-refractivity contribution in [2.75, 3.05) is 20.0 Å². The van der Waals surface area contributed by atoms with E-state index in [1.807, 2.05) is 23.9 Å². The van der Waals surface area contributed by atoms with Crippen molar-refractivity contribution in [2.24, 2.45) is 0 Å². The molecule has 0 saturated heterocycles. The predicted octanol–water partition coefficient (Wildman–Crippen LogP) is 4.32. The monoisotopic (exact) mass is 363 g/mol. The highest BCUT2D eigenvalue weighted by atomic mass is 35.5. The number of amides is 1. The summed E-state index contributed by atoms with van der Waals surface area (Å²) in [6, 6.07) is 11.4. The zero-order chi connectivity index (χ0) is 17.1. The van der Waals surface area contributed by atoms with E-state index >= 15 is 0 Å². The van der Waals surface area contributed by atoms with Crippen LogP contribution in [0, 0.1) is 0 Å². The van der Waals surface area contributed by atoms with Gasteiger partial charge in [0.15, 0.2) is 11.5 Å². The molecule has 2 aromatic rings. The minimum atomic E-state index is -0.176. The molecule has 0 spiro atoms. The predicted molar refractivity (Wildman–Crippen MR) is 96.5 cm³/mol. The third-order valence-corrected chi connectivity index (χ3v) is 5.36. The van der Waals surface area contributed by atoms with Crippen molar-refractivity contribution >= 4 is 29.3 Å². The molecule has 0 saturated carbocycles. The summed E-state index contributed by atoms with van der Waals surface area (Å²) in [7, 11) is 3.03. The van der Waals surface area contributed by atoms with Crippen LogP contribution in [-0.4, -0.2) is 25.9 Å². The first kappa shape index (κ1) is 17.0. The summed E-state index contributed by atoms with van der Waals surface area (Å²) in [4.78, 5) is 13.9. The first-order chi connectivity index (χ1) is 11.6. The molecule has 1 heterocycles. The van der Waals surface area contributed by atoms with E-state index in [1.54, 1.807) is 12.1 Å². The van der Waals surface area contributed by atoms with Crippen LogP contribution in [0.4, 0.5) is 0 Å². The zero-order valence-corrected chi connectivity index (χ0v) is 15.0. The summed E-state index contributed by atoms with van der Waals surface area (Å²) in [5, 5.41) is 3.45. The van der Waals surface area contributed by atoms with Gasteiger partial charge in [0.25, 0.3) is 5.91 Å². The van der Waals surface area contributed by atoms with E-state index in [2.05, 4.69) is 17.4 Å². The molecule has 0 bridgehead atoms. The van der Waals surface area contributed by atoms with Gasteiger partial charge in [-0.1, -0.05) is 29.8 Å². The number of hydrogen-bond acceptors (Lipinski definition) is 4. The maximum atomic E-state index is 12.7. The van der Waals surface area contributed by atoms with Gasteiger partial charge in [0.2, 0.25) is 0 Å². The van der Waals surface area contributed by atoms with Gasteiger partial charge in [-0.2, -0.15) is 0 Å². The first-order valence-corrected chi connectivity index (χ1v) is 8.94. The fourth-order valence-electron chi connectivity index (χ4n) is 2.78. The molecule has 0 radical (unpaired) electrons. The molecule has 1 N–H and O–H groups in total. The molecular formula is C18H18ClNO3S. The van der Waals surface area contributed by atoms with Crippen molar-refractivity contribution in [1.82, 2.24) is 5.32 Å². The molecule has 0 aromatic heterocycles. The maximum Gasteiger partial charge on any atom is 0.251 e. The molecule has 126 valence electrons. The van der Waals surface area contributed by atoms with Crippen LogP contribution in [0.3, 0.4) is 0 Å². The molecule has 2 aromatic carbocycles. The second-order valence-corrected chi connectivity index (χ2v) is 6.94. The van der Waals surface area contributed by atoms with Gasteiger partial charge in [-0.25, -0.2) is 0 Å². The van der Waals surface area contributed by atoms with Crippen molar-refractivity contribution in [2.45, 2.75) is 17.4 Å². The van der Waals surface area contributed by atoms with Crippen molar-refractivity contribution in [1.29, 1.82) is 0 Å². The highest BCUT2D eigenvalue weighted by Gasteiger charge is 2.23. The molecule has 0 aliphatic carbocycles. The van der Waals surface area contributed by atoms with Gasteiger partial charge in [0, 0.05) is 16.2 Å². The van der Waals surface area contributed by atoms with Gasteiger partial charge >= 0.3 is 0 Å². The van der Waals surface area contributed by atoms with Gasteiger partial charge < -0.3 is 14.8 Å². The highest BCUT2D eigenvalue weighted by molar-refractivity contribution is 7.99. The molecule has 1 amide bonds. The Bertz CT molecular complexity index is 766. The molecular weight excluding hydrogens is 346 g/mol. The number of fused-ring (bicyclic) bond motifs is 1. The van der Waals surface area contributed by atoms with Crippen LogP contribution in [-0.2, 0) is 0 Å². The Hall–Kier alpha value is -1.85. The van der Waals surface area contributed by atoms with Crippen molar-refractivity contribution in [3.05, 3.63) is 52.5 Å². The Kier molecular flexibility index (Phi) is 5.21. The number of ether oxygens (including phenoxy) is 2. The largest absolute Gasteiger partial charge is 0.493 e. The number of benzene rings is 2. The average molecular weight is 364 g/mol. The quantitative estimate of drug-likeness (QED) is 0.878. The Morgan fingerprint density at radius 2 is 2.04 bits per heavy atom. The SMILES string of the molecule is COc1cc(C(=O)N[C@@H]2CCSc3ccccc32)cc(Cl)c1OC. The number of nitrogens with one attached hydrogen (secondary N) is 1. The molecule has 1 aliphatic rings. The van der Waals surface area contributed by atoms with E-state index < -0.39 is 0 Å². The van der Waals surface area contributed by atoms with Crippen molar-refractivity contribution < 1.29 is 14.3 Å². The van der Waals surface area contributed by atoms with Crippen LogP contribution in [0.15, 0.2) is 41.3 Å². The van der Waals surface area contributed by atoms with Crippen LogP contribution >= 0.6 is 23.4 Å². The van der Waals surface area contributed by atoms with Crippen molar-refractivity contribution in [3.8, 4) is 11.5 Å².